The van der Waals surface area contributed by atoms with Crippen molar-refractivity contribution in [3.8, 4) is 11.5 Å². The summed E-state index contributed by atoms with van der Waals surface area (Å²) in [6, 6.07) is 14.6. The Balaban J connectivity index is 1.72. The number of nitrogens with zero attached hydrogens (tertiary/aromatic N) is 3. The lowest BCUT2D eigenvalue weighted by atomic mass is 9.99. The van der Waals surface area contributed by atoms with Crippen LogP contribution in [0.15, 0.2) is 42.5 Å². The Kier molecular flexibility index (Phi) is 5.27. The Labute approximate surface area is 167 Å². The number of hydrogen-bond donors (Lipinski definition) is 0. The molecule has 0 N–H and O–H groups in total. The van der Waals surface area contributed by atoms with Crippen LogP contribution in [-0.2, 0) is 0 Å². The minimum atomic E-state index is 0.0566. The van der Waals surface area contributed by atoms with Gasteiger partial charge in [-0.3, -0.25) is 4.79 Å². The maximum absolute atomic E-state index is 12.8. The third-order valence-electron chi connectivity index (χ3n) is 5.91. The highest BCUT2D eigenvalue weighted by molar-refractivity contribution is 5.96. The van der Waals surface area contributed by atoms with E-state index in [1.54, 1.807) is 0 Å². The third-order valence-corrected chi connectivity index (χ3v) is 5.91. The first-order valence-electron chi connectivity index (χ1n) is 10.3. The number of para-hydroxylation sites is 2. The number of carbonyl (C=O) groups excluding carboxylic acids is 1. The monoisotopic (exact) mass is 379 g/mol. The molecule has 2 aromatic carbocycles. The molecule has 0 spiro atoms. The molecule has 0 saturated carbocycles. The van der Waals surface area contributed by atoms with Crippen molar-refractivity contribution in [3.05, 3.63) is 48.0 Å². The molecule has 5 heteroatoms. The fraction of sp³-hybridized carbons (Fsp3) is 0.435. The molecule has 1 fully saturated rings. The molecule has 28 heavy (non-hydrogen) atoms. The van der Waals surface area contributed by atoms with Crippen LogP contribution in [0.4, 0.5) is 11.4 Å². The highest BCUT2D eigenvalue weighted by Gasteiger charge is 2.32. The van der Waals surface area contributed by atoms with Crippen molar-refractivity contribution >= 4 is 17.3 Å². The van der Waals surface area contributed by atoms with Crippen LogP contribution < -0.4 is 9.64 Å². The number of ether oxygens (including phenoxy) is 1. The highest BCUT2D eigenvalue weighted by atomic mass is 16.5. The van der Waals surface area contributed by atoms with Crippen LogP contribution in [0.3, 0.4) is 0 Å². The van der Waals surface area contributed by atoms with Crippen molar-refractivity contribution in [3.63, 3.8) is 0 Å². The fourth-order valence-corrected chi connectivity index (χ4v) is 4.26. The summed E-state index contributed by atoms with van der Waals surface area (Å²) in [6.07, 6.45) is 2.23. The average Bonchev–Trinajstić information content (AvgIpc) is 2.73. The fourth-order valence-electron chi connectivity index (χ4n) is 4.26. The number of amides is 1. The van der Waals surface area contributed by atoms with Gasteiger partial charge in [0.25, 0.3) is 5.91 Å². The van der Waals surface area contributed by atoms with E-state index in [0.717, 1.165) is 48.8 Å². The van der Waals surface area contributed by atoms with Gasteiger partial charge < -0.3 is 19.4 Å². The molecule has 4 rings (SSSR count). The largest absolute Gasteiger partial charge is 0.453 e. The highest BCUT2D eigenvalue weighted by Crippen LogP contribution is 2.48. The molecule has 0 atom stereocenters. The standard InChI is InChI=1S/C23H29N3O2/c1-4-25(5-2)23(27)17-10-11-20-22(16-17)28-21-9-7-6-8-19(21)26(20)18-12-14-24(3)15-13-18/h6-11,16,18H,4-5,12-15H2,1-3H3. The van der Waals surface area contributed by atoms with E-state index in [-0.39, 0.29) is 5.91 Å². The molecule has 1 saturated heterocycles. The van der Waals surface area contributed by atoms with Gasteiger partial charge in [-0.05, 0) is 77.2 Å². The number of piperidine rings is 1. The normalized spacial score (nSPS) is 16.9. The maximum atomic E-state index is 12.8. The molecule has 0 radical (unpaired) electrons. The molecule has 0 bridgehead atoms. The van der Waals surface area contributed by atoms with Gasteiger partial charge in [0.15, 0.2) is 11.5 Å². The van der Waals surface area contributed by atoms with Gasteiger partial charge >= 0.3 is 0 Å². The van der Waals surface area contributed by atoms with Crippen LogP contribution >= 0.6 is 0 Å². The Morgan fingerprint density at radius 3 is 2.43 bits per heavy atom. The molecule has 148 valence electrons. The maximum Gasteiger partial charge on any atom is 0.253 e. The summed E-state index contributed by atoms with van der Waals surface area (Å²) >= 11 is 0. The zero-order chi connectivity index (χ0) is 19.7. The Morgan fingerprint density at radius 2 is 1.71 bits per heavy atom. The number of likely N-dealkylation sites (tertiary alicyclic amines) is 1. The predicted octanol–water partition coefficient (Wildman–Crippen LogP) is 4.51. The predicted molar refractivity (Wildman–Crippen MR) is 113 cm³/mol. The van der Waals surface area contributed by atoms with Crippen LogP contribution in [0, 0.1) is 0 Å². The van der Waals surface area contributed by atoms with Crippen molar-refractivity contribution in [1.82, 2.24) is 9.80 Å². The number of benzene rings is 2. The Morgan fingerprint density at radius 1 is 1.04 bits per heavy atom. The Bertz CT molecular complexity index is 855. The Hall–Kier alpha value is -2.53. The number of anilines is 2. The molecule has 0 aromatic heterocycles. The molecular formula is C23H29N3O2. The van der Waals surface area contributed by atoms with Gasteiger partial charge in [0.05, 0.1) is 11.4 Å². The minimum absolute atomic E-state index is 0.0566. The van der Waals surface area contributed by atoms with Gasteiger partial charge in [0.2, 0.25) is 0 Å². The van der Waals surface area contributed by atoms with Gasteiger partial charge in [0, 0.05) is 24.7 Å². The lowest BCUT2D eigenvalue weighted by molar-refractivity contribution is 0.0772. The van der Waals surface area contributed by atoms with Crippen molar-refractivity contribution in [2.24, 2.45) is 0 Å². The van der Waals surface area contributed by atoms with Crippen molar-refractivity contribution < 1.29 is 9.53 Å². The van der Waals surface area contributed by atoms with Crippen LogP contribution in [0.1, 0.15) is 37.0 Å². The second-order valence-electron chi connectivity index (χ2n) is 7.63. The van der Waals surface area contributed by atoms with Gasteiger partial charge in [-0.1, -0.05) is 12.1 Å². The molecule has 5 nitrogen and oxygen atoms in total. The van der Waals surface area contributed by atoms with E-state index in [9.17, 15) is 4.79 Å². The summed E-state index contributed by atoms with van der Waals surface area (Å²) in [6.45, 7) is 7.62. The quantitative estimate of drug-likeness (QED) is 0.783. The summed E-state index contributed by atoms with van der Waals surface area (Å²) in [4.78, 5) is 19.5. The lowest BCUT2D eigenvalue weighted by Crippen LogP contribution is -2.42. The molecule has 2 heterocycles. The van der Waals surface area contributed by atoms with Crippen molar-refractivity contribution in [1.29, 1.82) is 0 Å². The first-order chi connectivity index (χ1) is 13.6. The van der Waals surface area contributed by atoms with Gasteiger partial charge in [-0.25, -0.2) is 0 Å². The smallest absolute Gasteiger partial charge is 0.253 e. The summed E-state index contributed by atoms with van der Waals surface area (Å²) in [5.41, 5.74) is 2.86. The first kappa shape index (κ1) is 18.8. The molecule has 2 aromatic rings. The van der Waals surface area contributed by atoms with Crippen LogP contribution in [0.2, 0.25) is 0 Å². The van der Waals surface area contributed by atoms with E-state index >= 15 is 0 Å². The lowest BCUT2D eigenvalue weighted by Gasteiger charge is -2.42. The zero-order valence-electron chi connectivity index (χ0n) is 17.0. The second-order valence-corrected chi connectivity index (χ2v) is 7.63. The van der Waals surface area contributed by atoms with Gasteiger partial charge in [-0.2, -0.15) is 0 Å². The molecule has 2 aliphatic rings. The van der Waals surface area contributed by atoms with E-state index in [1.807, 2.05) is 43.0 Å². The summed E-state index contributed by atoms with van der Waals surface area (Å²) in [5, 5.41) is 0. The van der Waals surface area contributed by atoms with Crippen LogP contribution in [-0.4, -0.2) is 55.0 Å². The van der Waals surface area contributed by atoms with Crippen molar-refractivity contribution in [2.75, 3.05) is 38.1 Å². The second kappa shape index (κ2) is 7.84. The van der Waals surface area contributed by atoms with E-state index in [1.165, 1.54) is 0 Å². The first-order valence-corrected chi connectivity index (χ1v) is 10.3. The number of carbonyl (C=O) groups is 1. The van der Waals surface area contributed by atoms with E-state index in [2.05, 4.69) is 35.0 Å². The summed E-state index contributed by atoms with van der Waals surface area (Å²) in [7, 11) is 2.18. The SMILES string of the molecule is CCN(CC)C(=O)c1ccc2c(c1)Oc1ccccc1N2C1CCN(C)CC1. The topological polar surface area (TPSA) is 36.0 Å². The molecule has 0 aliphatic carbocycles. The van der Waals surface area contributed by atoms with E-state index < -0.39 is 0 Å². The van der Waals surface area contributed by atoms with Crippen molar-refractivity contribution in [2.45, 2.75) is 32.7 Å². The third kappa shape index (κ3) is 3.35. The number of hydrogen-bond acceptors (Lipinski definition) is 4. The van der Waals surface area contributed by atoms with Gasteiger partial charge in [-0.15, -0.1) is 0 Å². The average molecular weight is 380 g/mol. The molecule has 1 amide bonds. The van der Waals surface area contributed by atoms with Crippen LogP contribution in [0.5, 0.6) is 11.5 Å². The number of rotatable bonds is 4. The van der Waals surface area contributed by atoms with Crippen LogP contribution in [0.25, 0.3) is 0 Å². The number of fused-ring (bicyclic) bond motifs is 2. The van der Waals surface area contributed by atoms with E-state index in [4.69, 9.17) is 4.74 Å². The minimum Gasteiger partial charge on any atom is -0.453 e. The molecule has 2 aliphatic heterocycles. The molecular weight excluding hydrogens is 350 g/mol. The molecule has 0 unspecified atom stereocenters. The zero-order valence-corrected chi connectivity index (χ0v) is 17.0. The summed E-state index contributed by atoms with van der Waals surface area (Å²) in [5.74, 6) is 1.69. The van der Waals surface area contributed by atoms with Gasteiger partial charge in [0.1, 0.15) is 0 Å². The summed E-state index contributed by atoms with van der Waals surface area (Å²) < 4.78 is 6.23. The van der Waals surface area contributed by atoms with E-state index in [0.29, 0.717) is 24.7 Å².